The van der Waals surface area contributed by atoms with Crippen LogP contribution in [0.1, 0.15) is 22.3 Å². The van der Waals surface area contributed by atoms with E-state index in [1.54, 1.807) is 60.7 Å². The molecule has 0 saturated carbocycles. The van der Waals surface area contributed by atoms with E-state index in [1.807, 2.05) is 26.8 Å². The lowest BCUT2D eigenvalue weighted by molar-refractivity contribution is -0.115. The van der Waals surface area contributed by atoms with Crippen LogP contribution >= 0.6 is 0 Å². The number of nitrogens with two attached hydrogens (primary N) is 1. The zero-order chi connectivity index (χ0) is 54.2. The Morgan fingerprint density at radius 1 is 0.425 bits per heavy atom. The van der Waals surface area contributed by atoms with Crippen LogP contribution in [0, 0.1) is 32.1 Å². The number of hydrogen-bond acceptors (Lipinski definition) is 14. The van der Waals surface area contributed by atoms with Crippen molar-refractivity contribution in [2.24, 2.45) is 5.14 Å². The second-order valence-corrected chi connectivity index (χ2v) is 23.6. The monoisotopic (exact) mass is 1100 g/mol. The van der Waals surface area contributed by atoms with E-state index in [9.17, 15) is 56.5 Å². The minimum atomic E-state index is -4.32. The summed E-state index contributed by atoms with van der Waals surface area (Å²) < 4.78 is 132. The predicted molar refractivity (Wildman–Crippen MR) is 270 cm³/mol. The maximum Gasteiger partial charge on any atom is 0.294 e. The van der Waals surface area contributed by atoms with E-state index >= 15 is 0 Å². The van der Waals surface area contributed by atoms with Gasteiger partial charge >= 0.3 is 0 Å². The van der Waals surface area contributed by atoms with Gasteiger partial charge in [0.25, 0.3) is 10.1 Å². The van der Waals surface area contributed by atoms with E-state index in [2.05, 4.69) is 30.1 Å². The normalized spacial score (nSPS) is 11.6. The molecule has 22 nitrogen and oxygen atoms in total. The molecule has 0 saturated heterocycles. The molecule has 6 rings (SSSR count). The molecule has 0 fully saturated rings. The average molecular weight is 1100 g/mol. The highest BCUT2D eigenvalue weighted by atomic mass is 32.2. The summed E-state index contributed by atoms with van der Waals surface area (Å²) in [6.07, 6.45) is 0. The van der Waals surface area contributed by atoms with Crippen molar-refractivity contribution in [3.63, 3.8) is 0 Å². The molecule has 0 atom stereocenters. The van der Waals surface area contributed by atoms with Crippen molar-refractivity contribution in [3.8, 4) is 6.07 Å². The van der Waals surface area contributed by atoms with Crippen LogP contribution < -0.4 is 35.3 Å². The van der Waals surface area contributed by atoms with Gasteiger partial charge in [-0.05, 0) is 130 Å². The highest BCUT2D eigenvalue weighted by Crippen LogP contribution is 2.16. The number of aryl methyl sites for hydroxylation is 3. The number of carbonyl (C=O) groups excluding carboxylic acids is 3. The Kier molecular flexibility index (Phi) is 20.3. The molecule has 6 aromatic carbocycles. The second-order valence-electron chi connectivity index (χ2n) is 15.3. The number of nitrogens with one attached hydrogen (secondary N) is 6. The molecule has 0 bridgehead atoms. The maximum absolute atomic E-state index is 12.1. The molecule has 0 aliphatic carbocycles. The van der Waals surface area contributed by atoms with E-state index in [0.29, 0.717) is 16.9 Å². The minimum Gasteiger partial charge on any atom is -0.325 e. The summed E-state index contributed by atoms with van der Waals surface area (Å²) in [5, 5.41) is 21.1. The van der Waals surface area contributed by atoms with E-state index < -0.39 is 81.0 Å². The van der Waals surface area contributed by atoms with Crippen molar-refractivity contribution < 1.29 is 61.0 Å². The number of carbonyl (C=O) groups is 3. The molecule has 27 heteroatoms. The third-order valence-electron chi connectivity index (χ3n) is 9.46. The largest absolute Gasteiger partial charge is 0.325 e. The molecule has 0 unspecified atom stereocenters. The fourth-order valence-corrected chi connectivity index (χ4v) is 9.51. The number of amides is 3. The summed E-state index contributed by atoms with van der Waals surface area (Å²) in [5.74, 6) is -1.72. The Morgan fingerprint density at radius 2 is 0.671 bits per heavy atom. The number of primary sulfonamides is 1. The first-order valence-corrected chi connectivity index (χ1v) is 28.3. The number of nitriles is 1. The van der Waals surface area contributed by atoms with Crippen LogP contribution in [0.5, 0.6) is 0 Å². The summed E-state index contributed by atoms with van der Waals surface area (Å²) in [6.45, 7) is 4.18. The summed E-state index contributed by atoms with van der Waals surface area (Å²) >= 11 is 0. The third-order valence-corrected chi connectivity index (χ3v) is 15.5. The predicted octanol–water partition coefficient (Wildman–Crippen LogP) is 3.50. The molecular formula is C46H48N8O14S5. The van der Waals surface area contributed by atoms with E-state index in [4.69, 9.17) is 15.0 Å². The lowest BCUT2D eigenvalue weighted by Crippen LogP contribution is -2.32. The van der Waals surface area contributed by atoms with Crippen LogP contribution in [0.25, 0.3) is 0 Å². The number of hydrogen-bond donors (Lipinski definition) is 8. The second kappa shape index (κ2) is 25.4. The van der Waals surface area contributed by atoms with Gasteiger partial charge in [-0.3, -0.25) is 18.9 Å². The van der Waals surface area contributed by atoms with Gasteiger partial charge < -0.3 is 16.0 Å². The topological polar surface area (TPSA) is 364 Å². The molecular weight excluding hydrogens is 1050 g/mol. The van der Waals surface area contributed by atoms with Crippen molar-refractivity contribution in [1.82, 2.24) is 14.2 Å². The van der Waals surface area contributed by atoms with Gasteiger partial charge in [0.2, 0.25) is 57.8 Å². The Hall–Kier alpha value is -7.23. The molecule has 73 heavy (non-hydrogen) atoms. The molecule has 0 aliphatic heterocycles. The fraction of sp³-hybridized carbons (Fsp3) is 0.130. The van der Waals surface area contributed by atoms with Gasteiger partial charge in [-0.2, -0.15) is 13.7 Å². The van der Waals surface area contributed by atoms with Gasteiger partial charge in [-0.15, -0.1) is 0 Å². The molecule has 0 heterocycles. The lowest BCUT2D eigenvalue weighted by atomic mass is 10.2. The van der Waals surface area contributed by atoms with Crippen LogP contribution in [-0.4, -0.2) is 84.0 Å². The molecule has 386 valence electrons. The summed E-state index contributed by atoms with van der Waals surface area (Å²) in [6, 6.07) is 36.9. The van der Waals surface area contributed by atoms with E-state index in [1.165, 1.54) is 72.8 Å². The van der Waals surface area contributed by atoms with Gasteiger partial charge in [0.15, 0.2) is 0 Å². The maximum atomic E-state index is 12.1. The molecule has 6 aromatic rings. The van der Waals surface area contributed by atoms with Gasteiger partial charge in [0, 0.05) is 17.1 Å². The molecule has 0 radical (unpaired) electrons. The van der Waals surface area contributed by atoms with Gasteiger partial charge in [0.05, 0.1) is 55.7 Å². The molecule has 0 aliphatic rings. The molecule has 0 spiro atoms. The van der Waals surface area contributed by atoms with Gasteiger partial charge in [-0.25, -0.2) is 53.0 Å². The number of sulfonamides is 4. The Bertz CT molecular complexity index is 3360. The number of benzene rings is 6. The quantitative estimate of drug-likeness (QED) is 0.0606. The van der Waals surface area contributed by atoms with Crippen LogP contribution in [-0.2, 0) is 64.6 Å². The van der Waals surface area contributed by atoms with Gasteiger partial charge in [-0.1, -0.05) is 53.1 Å². The fourth-order valence-electron chi connectivity index (χ4n) is 5.57. The zero-order valence-electron chi connectivity index (χ0n) is 38.8. The van der Waals surface area contributed by atoms with Crippen LogP contribution in [0.2, 0.25) is 0 Å². The average Bonchev–Trinajstić information content (AvgIpc) is 3.33. The summed E-state index contributed by atoms with van der Waals surface area (Å²) in [5.41, 5.74) is 4.30. The van der Waals surface area contributed by atoms with Crippen molar-refractivity contribution in [2.45, 2.75) is 45.2 Å². The Labute approximate surface area is 423 Å². The highest BCUT2D eigenvalue weighted by Gasteiger charge is 2.18. The minimum absolute atomic E-state index is 0.0448. The van der Waals surface area contributed by atoms with Crippen molar-refractivity contribution >= 4 is 85.0 Å². The number of nitrogens with zero attached hydrogens (tertiary/aromatic N) is 1. The number of rotatable bonds is 17. The SMILES string of the molecule is Cc1ccc(S(=O)(=O)NCC(=O)Nc2ccc(C#N)cc2)cc1.Cc1ccc(S(=O)(=O)NCC(=O)Nc2ccc(S(=O)(=O)O)cc2)cc1.Cc1ccc(S(=O)(=O)NCC(=O)Nc2ccc(S(N)(=O)=O)cc2)cc1. The molecule has 0 aromatic heterocycles. The molecule has 3 amide bonds. The van der Waals surface area contributed by atoms with E-state index in [0.717, 1.165) is 28.8 Å². The first-order valence-electron chi connectivity index (χ1n) is 20.9. The van der Waals surface area contributed by atoms with Crippen molar-refractivity contribution in [2.75, 3.05) is 35.6 Å². The van der Waals surface area contributed by atoms with Gasteiger partial charge in [0.1, 0.15) is 0 Å². The smallest absolute Gasteiger partial charge is 0.294 e. The Morgan fingerprint density at radius 3 is 0.918 bits per heavy atom. The van der Waals surface area contributed by atoms with Crippen LogP contribution in [0.4, 0.5) is 17.1 Å². The Balaban J connectivity index is 0.000000238. The summed E-state index contributed by atoms with van der Waals surface area (Å²) in [4.78, 5) is 35.3. The van der Waals surface area contributed by atoms with Crippen LogP contribution in [0.3, 0.4) is 0 Å². The highest BCUT2D eigenvalue weighted by molar-refractivity contribution is 7.90. The third kappa shape index (κ3) is 19.4. The first kappa shape index (κ1) is 58.3. The van der Waals surface area contributed by atoms with Crippen LogP contribution in [0.15, 0.2) is 170 Å². The standard InChI is InChI=1S/C16H15N3O3S.C15H17N3O5S2.C15H16N2O6S2/c1-12-2-8-15(9-3-12)23(21,22)18-11-16(20)19-14-6-4-13(10-17)5-7-14;1-11-2-6-14(7-3-11)25(22,23)17-10-15(19)18-12-4-8-13(9-5-12)24(16,20)21;1-11-2-6-13(7-3-11)24(19,20)16-10-15(18)17-12-4-8-14(9-5-12)25(21,22)23/h2-9,18H,11H2,1H3,(H,19,20);2-9,17H,10H2,1H3,(H,18,19)(H2,16,20,21);2-9,16H,10H2,1H3,(H,17,18)(H,21,22,23). The number of anilines is 3. The van der Waals surface area contributed by atoms with Crippen molar-refractivity contribution in [3.05, 3.63) is 168 Å². The molecule has 9 N–H and O–H groups in total. The first-order chi connectivity index (χ1) is 34.1. The summed E-state index contributed by atoms with van der Waals surface area (Å²) in [7, 11) is -19.5. The zero-order valence-corrected chi connectivity index (χ0v) is 42.9. The lowest BCUT2D eigenvalue weighted by Gasteiger charge is -2.08. The van der Waals surface area contributed by atoms with E-state index in [-0.39, 0.29) is 36.7 Å². The van der Waals surface area contributed by atoms with Crippen molar-refractivity contribution in [1.29, 1.82) is 5.26 Å².